The molecule has 0 spiro atoms. The van der Waals surface area contributed by atoms with Gasteiger partial charge in [-0.05, 0) is 36.4 Å². The molecule has 0 aliphatic rings. The lowest BCUT2D eigenvalue weighted by Gasteiger charge is -2.35. The van der Waals surface area contributed by atoms with Crippen molar-refractivity contribution in [1.82, 2.24) is 10.3 Å². The van der Waals surface area contributed by atoms with Gasteiger partial charge in [-0.3, -0.25) is 4.98 Å². The van der Waals surface area contributed by atoms with Crippen LogP contribution in [0, 0.1) is 11.6 Å². The molecule has 0 radical (unpaired) electrons. The Kier molecular flexibility index (Phi) is 4.14. The molecule has 2 aromatic rings. The SMILES string of the molecule is CNC(c1cncc(F)c1)C(C)(C)c1ccc(F)cc1. The van der Waals surface area contributed by atoms with Crippen molar-refractivity contribution < 1.29 is 8.78 Å². The number of rotatable bonds is 4. The molecule has 2 rings (SSSR count). The molecule has 0 saturated heterocycles. The second kappa shape index (κ2) is 5.67. The number of nitrogens with zero attached hydrogens (tertiary/aromatic N) is 1. The number of benzene rings is 1. The second-order valence-corrected chi connectivity index (χ2v) is 5.39. The van der Waals surface area contributed by atoms with Gasteiger partial charge in [0, 0.05) is 17.7 Å². The second-order valence-electron chi connectivity index (χ2n) is 5.39. The largest absolute Gasteiger partial charge is 0.312 e. The Morgan fingerprint density at radius 3 is 2.25 bits per heavy atom. The molecule has 20 heavy (non-hydrogen) atoms. The topological polar surface area (TPSA) is 24.9 Å². The molecular formula is C16H18F2N2. The van der Waals surface area contributed by atoms with Crippen LogP contribution in [0.4, 0.5) is 8.78 Å². The van der Waals surface area contributed by atoms with Gasteiger partial charge in [0.25, 0.3) is 0 Å². The first kappa shape index (κ1) is 14.6. The van der Waals surface area contributed by atoms with Crippen molar-refractivity contribution in [2.45, 2.75) is 25.3 Å². The Morgan fingerprint density at radius 1 is 1.05 bits per heavy atom. The highest BCUT2D eigenvalue weighted by atomic mass is 19.1. The fourth-order valence-corrected chi connectivity index (χ4v) is 2.58. The third-order valence-corrected chi connectivity index (χ3v) is 3.66. The summed E-state index contributed by atoms with van der Waals surface area (Å²) in [4.78, 5) is 3.90. The van der Waals surface area contributed by atoms with Crippen LogP contribution in [0.3, 0.4) is 0 Å². The van der Waals surface area contributed by atoms with Crippen LogP contribution in [-0.2, 0) is 5.41 Å². The maximum Gasteiger partial charge on any atom is 0.141 e. The highest BCUT2D eigenvalue weighted by Crippen LogP contribution is 2.36. The Bertz CT molecular complexity index is 579. The summed E-state index contributed by atoms with van der Waals surface area (Å²) in [6, 6.07) is 7.73. The molecule has 0 aliphatic heterocycles. The van der Waals surface area contributed by atoms with Crippen molar-refractivity contribution in [2.24, 2.45) is 0 Å². The van der Waals surface area contributed by atoms with Crippen LogP contribution in [-0.4, -0.2) is 12.0 Å². The number of pyridine rings is 1. The fraction of sp³-hybridized carbons (Fsp3) is 0.312. The number of nitrogens with one attached hydrogen (secondary N) is 1. The van der Waals surface area contributed by atoms with Crippen LogP contribution in [0.25, 0.3) is 0 Å². The fourth-order valence-electron chi connectivity index (χ4n) is 2.58. The Morgan fingerprint density at radius 2 is 1.70 bits per heavy atom. The zero-order valence-corrected chi connectivity index (χ0v) is 11.8. The Hall–Kier alpha value is -1.81. The minimum Gasteiger partial charge on any atom is -0.312 e. The van der Waals surface area contributed by atoms with Gasteiger partial charge in [-0.25, -0.2) is 8.78 Å². The number of hydrogen-bond acceptors (Lipinski definition) is 2. The number of halogens is 2. The van der Waals surface area contributed by atoms with Crippen LogP contribution in [0.5, 0.6) is 0 Å². The van der Waals surface area contributed by atoms with Crippen molar-refractivity contribution in [3.05, 3.63) is 65.5 Å². The number of hydrogen-bond donors (Lipinski definition) is 1. The number of likely N-dealkylation sites (N-methyl/N-ethyl adjacent to an activating group) is 1. The highest BCUT2D eigenvalue weighted by molar-refractivity contribution is 5.31. The third kappa shape index (κ3) is 2.85. The van der Waals surface area contributed by atoms with Crippen LogP contribution < -0.4 is 5.32 Å². The van der Waals surface area contributed by atoms with Crippen LogP contribution >= 0.6 is 0 Å². The molecule has 106 valence electrons. The number of aromatic nitrogens is 1. The van der Waals surface area contributed by atoms with Crippen LogP contribution in [0.15, 0.2) is 42.7 Å². The van der Waals surface area contributed by atoms with Gasteiger partial charge in [-0.1, -0.05) is 26.0 Å². The van der Waals surface area contributed by atoms with Crippen LogP contribution in [0.2, 0.25) is 0 Å². The zero-order chi connectivity index (χ0) is 14.8. The van der Waals surface area contributed by atoms with E-state index in [2.05, 4.69) is 10.3 Å². The maximum atomic E-state index is 13.4. The highest BCUT2D eigenvalue weighted by Gasteiger charge is 2.31. The minimum absolute atomic E-state index is 0.129. The normalized spacial score (nSPS) is 13.2. The quantitative estimate of drug-likeness (QED) is 0.923. The zero-order valence-electron chi connectivity index (χ0n) is 11.8. The molecule has 2 nitrogen and oxygen atoms in total. The van der Waals surface area contributed by atoms with Crippen molar-refractivity contribution in [1.29, 1.82) is 0 Å². The van der Waals surface area contributed by atoms with Gasteiger partial charge in [0.05, 0.1) is 6.20 Å². The summed E-state index contributed by atoms with van der Waals surface area (Å²) in [5.41, 5.74) is 1.40. The van der Waals surface area contributed by atoms with Gasteiger partial charge in [0.2, 0.25) is 0 Å². The van der Waals surface area contributed by atoms with Crippen molar-refractivity contribution in [3.8, 4) is 0 Å². The standard InChI is InChI=1S/C16H18F2N2/c1-16(2,12-4-6-13(17)7-5-12)15(19-3)11-8-14(18)10-20-9-11/h4-10,15,19H,1-3H3. The van der Waals surface area contributed by atoms with Gasteiger partial charge in [-0.15, -0.1) is 0 Å². The molecule has 0 saturated carbocycles. The van der Waals surface area contributed by atoms with E-state index in [1.807, 2.05) is 20.9 Å². The van der Waals surface area contributed by atoms with E-state index in [0.717, 1.165) is 11.1 Å². The van der Waals surface area contributed by atoms with E-state index in [-0.39, 0.29) is 23.1 Å². The van der Waals surface area contributed by atoms with Crippen LogP contribution in [0.1, 0.15) is 31.0 Å². The lowest BCUT2D eigenvalue weighted by molar-refractivity contribution is 0.366. The lowest BCUT2D eigenvalue weighted by Crippen LogP contribution is -2.35. The predicted molar refractivity (Wildman–Crippen MR) is 75.4 cm³/mol. The first-order valence-corrected chi connectivity index (χ1v) is 6.49. The molecule has 1 N–H and O–H groups in total. The summed E-state index contributed by atoms with van der Waals surface area (Å²) in [6.07, 6.45) is 2.83. The third-order valence-electron chi connectivity index (χ3n) is 3.66. The monoisotopic (exact) mass is 276 g/mol. The molecule has 1 aromatic heterocycles. The summed E-state index contributed by atoms with van der Waals surface area (Å²) < 4.78 is 26.4. The van der Waals surface area contributed by atoms with E-state index in [1.54, 1.807) is 18.3 Å². The first-order valence-electron chi connectivity index (χ1n) is 6.49. The van der Waals surface area contributed by atoms with E-state index in [0.29, 0.717) is 0 Å². The molecule has 0 aliphatic carbocycles. The van der Waals surface area contributed by atoms with Crippen molar-refractivity contribution in [3.63, 3.8) is 0 Å². The Balaban J connectivity index is 2.41. The van der Waals surface area contributed by atoms with Gasteiger partial charge in [-0.2, -0.15) is 0 Å². The van der Waals surface area contributed by atoms with E-state index >= 15 is 0 Å². The average Bonchev–Trinajstić information content (AvgIpc) is 2.40. The summed E-state index contributed by atoms with van der Waals surface area (Å²) in [6.45, 7) is 4.07. The summed E-state index contributed by atoms with van der Waals surface area (Å²) in [7, 11) is 1.82. The molecule has 1 heterocycles. The van der Waals surface area contributed by atoms with Gasteiger partial charge in [0.1, 0.15) is 11.6 Å². The first-order chi connectivity index (χ1) is 9.45. The van der Waals surface area contributed by atoms with E-state index in [1.165, 1.54) is 24.4 Å². The molecule has 4 heteroatoms. The predicted octanol–water partition coefficient (Wildman–Crippen LogP) is 3.60. The molecule has 0 amide bonds. The molecule has 1 atom stereocenters. The maximum absolute atomic E-state index is 13.4. The van der Waals surface area contributed by atoms with E-state index in [4.69, 9.17) is 0 Å². The average molecular weight is 276 g/mol. The van der Waals surface area contributed by atoms with Gasteiger partial charge in [0.15, 0.2) is 0 Å². The lowest BCUT2D eigenvalue weighted by atomic mass is 9.75. The van der Waals surface area contributed by atoms with Gasteiger partial charge < -0.3 is 5.32 Å². The molecule has 0 fully saturated rings. The molecule has 1 unspecified atom stereocenters. The van der Waals surface area contributed by atoms with E-state index in [9.17, 15) is 8.78 Å². The molecular weight excluding hydrogens is 258 g/mol. The van der Waals surface area contributed by atoms with E-state index < -0.39 is 0 Å². The van der Waals surface area contributed by atoms with Gasteiger partial charge >= 0.3 is 0 Å². The molecule has 0 bridgehead atoms. The van der Waals surface area contributed by atoms with Crippen molar-refractivity contribution >= 4 is 0 Å². The summed E-state index contributed by atoms with van der Waals surface area (Å²) in [5.74, 6) is -0.629. The molecule has 1 aromatic carbocycles. The summed E-state index contributed by atoms with van der Waals surface area (Å²) >= 11 is 0. The minimum atomic E-state index is -0.363. The van der Waals surface area contributed by atoms with Crippen molar-refractivity contribution in [2.75, 3.05) is 7.05 Å². The smallest absolute Gasteiger partial charge is 0.141 e. The Labute approximate surface area is 117 Å². The summed E-state index contributed by atoms with van der Waals surface area (Å²) in [5, 5.41) is 3.20.